The van der Waals surface area contributed by atoms with Crippen molar-refractivity contribution in [3.8, 4) is 22.5 Å². The lowest BCUT2D eigenvalue weighted by Crippen LogP contribution is -2.31. The molecule has 2 heterocycles. The van der Waals surface area contributed by atoms with Gasteiger partial charge >= 0.3 is 0 Å². The molecule has 1 aliphatic heterocycles. The van der Waals surface area contributed by atoms with Crippen molar-refractivity contribution in [3.63, 3.8) is 0 Å². The van der Waals surface area contributed by atoms with Crippen molar-refractivity contribution in [3.05, 3.63) is 102 Å². The molecule has 0 bridgehead atoms. The van der Waals surface area contributed by atoms with Crippen molar-refractivity contribution >= 4 is 0 Å². The highest BCUT2D eigenvalue weighted by Crippen LogP contribution is 2.27. The summed E-state index contributed by atoms with van der Waals surface area (Å²) >= 11 is 0. The van der Waals surface area contributed by atoms with Crippen LogP contribution in [0.5, 0.6) is 0 Å². The van der Waals surface area contributed by atoms with Crippen LogP contribution in [-0.4, -0.2) is 21.0 Å². The molecule has 1 aromatic heterocycles. The van der Waals surface area contributed by atoms with Crippen molar-refractivity contribution < 1.29 is 0 Å². The summed E-state index contributed by atoms with van der Waals surface area (Å²) in [6.45, 7) is 2.98. The Hall–Kier alpha value is -3.17. The van der Waals surface area contributed by atoms with Gasteiger partial charge in [-0.3, -0.25) is 4.90 Å². The maximum absolute atomic E-state index is 4.94. The summed E-state index contributed by atoms with van der Waals surface area (Å²) in [4.78, 5) is 7.47. The number of aromatic nitrogens is 2. The van der Waals surface area contributed by atoms with E-state index in [1.165, 1.54) is 33.6 Å². The molecule has 1 aliphatic rings. The van der Waals surface area contributed by atoms with Crippen LogP contribution in [0.2, 0.25) is 0 Å². The molecule has 3 heteroatoms. The molecule has 0 saturated heterocycles. The average molecular weight is 380 g/mol. The molecule has 0 saturated carbocycles. The lowest BCUT2D eigenvalue weighted by molar-refractivity contribution is 0.238. The van der Waals surface area contributed by atoms with Gasteiger partial charge in [0.15, 0.2) is 0 Å². The molecule has 0 unspecified atom stereocenters. The van der Waals surface area contributed by atoms with Crippen LogP contribution >= 0.6 is 0 Å². The summed E-state index contributed by atoms with van der Waals surface area (Å²) in [6, 6.07) is 30.0. The van der Waals surface area contributed by atoms with Crippen LogP contribution < -0.4 is 0 Å². The molecule has 0 amide bonds. The average Bonchev–Trinajstić information content (AvgIpc) is 3.12. The van der Waals surface area contributed by atoms with Crippen molar-refractivity contribution in [2.75, 3.05) is 6.54 Å². The van der Waals surface area contributed by atoms with Gasteiger partial charge in [-0.15, -0.1) is 0 Å². The number of imidazole rings is 1. The molecule has 0 spiro atoms. The molecule has 0 atom stereocenters. The molecule has 144 valence electrons. The third-order valence-electron chi connectivity index (χ3n) is 5.83. The zero-order valence-electron chi connectivity index (χ0n) is 16.8. The highest BCUT2D eigenvalue weighted by Gasteiger charge is 2.23. The van der Waals surface area contributed by atoms with Crippen LogP contribution in [0.1, 0.15) is 17.0 Å². The van der Waals surface area contributed by atoms with E-state index in [4.69, 9.17) is 4.98 Å². The zero-order chi connectivity index (χ0) is 19.6. The molecule has 0 aliphatic carbocycles. The normalized spacial score (nSPS) is 14.0. The molecule has 29 heavy (non-hydrogen) atoms. The van der Waals surface area contributed by atoms with Gasteiger partial charge in [0.05, 0.1) is 11.4 Å². The summed E-state index contributed by atoms with van der Waals surface area (Å²) in [5, 5.41) is 0. The third-order valence-corrected chi connectivity index (χ3v) is 5.83. The van der Waals surface area contributed by atoms with Gasteiger partial charge in [-0.2, -0.15) is 0 Å². The summed E-state index contributed by atoms with van der Waals surface area (Å²) in [5.41, 5.74) is 7.68. The minimum absolute atomic E-state index is 0.950. The Morgan fingerprint density at radius 3 is 2.07 bits per heavy atom. The van der Waals surface area contributed by atoms with Crippen LogP contribution in [-0.2, 0) is 26.6 Å². The van der Waals surface area contributed by atoms with Gasteiger partial charge in [-0.05, 0) is 16.7 Å². The maximum atomic E-state index is 4.94. The monoisotopic (exact) mass is 379 g/mol. The van der Waals surface area contributed by atoms with Crippen molar-refractivity contribution in [1.29, 1.82) is 0 Å². The lowest BCUT2D eigenvalue weighted by atomic mass is 10.0. The van der Waals surface area contributed by atoms with Crippen molar-refractivity contribution in [1.82, 2.24) is 14.5 Å². The van der Waals surface area contributed by atoms with Gasteiger partial charge in [-0.1, -0.05) is 84.9 Å². The number of hydrogen-bond acceptors (Lipinski definition) is 2. The van der Waals surface area contributed by atoms with E-state index in [0.717, 1.165) is 31.9 Å². The van der Waals surface area contributed by atoms with Crippen LogP contribution in [0.4, 0.5) is 0 Å². The van der Waals surface area contributed by atoms with Gasteiger partial charge in [0.2, 0.25) is 0 Å². The Morgan fingerprint density at radius 2 is 1.38 bits per heavy atom. The Morgan fingerprint density at radius 1 is 0.759 bits per heavy atom. The predicted octanol–water partition coefficient (Wildman–Crippen LogP) is 5.31. The topological polar surface area (TPSA) is 21.1 Å². The number of rotatable bonds is 4. The fourth-order valence-corrected chi connectivity index (χ4v) is 4.21. The molecule has 5 rings (SSSR count). The van der Waals surface area contributed by atoms with E-state index in [0.29, 0.717) is 0 Å². The van der Waals surface area contributed by atoms with Crippen LogP contribution in [0, 0.1) is 0 Å². The lowest BCUT2D eigenvalue weighted by Gasteiger charge is -2.27. The summed E-state index contributed by atoms with van der Waals surface area (Å²) in [7, 11) is 2.15. The van der Waals surface area contributed by atoms with E-state index in [9.17, 15) is 0 Å². The van der Waals surface area contributed by atoms with Gasteiger partial charge in [-0.25, -0.2) is 4.98 Å². The number of benzene rings is 3. The minimum atomic E-state index is 0.950. The summed E-state index contributed by atoms with van der Waals surface area (Å²) in [5.74, 6) is 1.07. The molecule has 3 aromatic carbocycles. The van der Waals surface area contributed by atoms with E-state index < -0.39 is 0 Å². The van der Waals surface area contributed by atoms with Gasteiger partial charge in [0.1, 0.15) is 5.82 Å². The molecule has 3 nitrogen and oxygen atoms in total. The standard InChI is InChI=1S/C26H25N3/c1-28-25-19-29(17-16-24(25)27-26(28)23-10-6-3-7-11-23)18-20-12-14-22(15-13-20)21-8-4-2-5-9-21/h2-15H,16-19H2,1H3. The third kappa shape index (κ3) is 3.62. The smallest absolute Gasteiger partial charge is 0.140 e. The fourth-order valence-electron chi connectivity index (χ4n) is 4.21. The second kappa shape index (κ2) is 7.69. The minimum Gasteiger partial charge on any atom is -0.330 e. The highest BCUT2D eigenvalue weighted by molar-refractivity contribution is 5.63. The van der Waals surface area contributed by atoms with Crippen LogP contribution in [0.3, 0.4) is 0 Å². The van der Waals surface area contributed by atoms with E-state index in [2.05, 4.69) is 101 Å². The first-order chi connectivity index (χ1) is 14.3. The molecular weight excluding hydrogens is 354 g/mol. The van der Waals surface area contributed by atoms with Crippen LogP contribution in [0.25, 0.3) is 22.5 Å². The molecule has 4 aromatic rings. The number of nitrogens with zero attached hydrogens (tertiary/aromatic N) is 3. The van der Waals surface area contributed by atoms with Gasteiger partial charge in [0, 0.05) is 38.7 Å². The van der Waals surface area contributed by atoms with E-state index in [1.807, 2.05) is 0 Å². The molecule has 0 fully saturated rings. The summed E-state index contributed by atoms with van der Waals surface area (Å²) < 4.78 is 2.27. The largest absolute Gasteiger partial charge is 0.330 e. The number of hydrogen-bond donors (Lipinski definition) is 0. The van der Waals surface area contributed by atoms with Gasteiger partial charge < -0.3 is 4.57 Å². The Balaban J connectivity index is 1.32. The first-order valence-electron chi connectivity index (χ1n) is 10.2. The van der Waals surface area contributed by atoms with E-state index in [1.54, 1.807) is 0 Å². The predicted molar refractivity (Wildman–Crippen MR) is 118 cm³/mol. The van der Waals surface area contributed by atoms with Crippen molar-refractivity contribution in [2.24, 2.45) is 7.05 Å². The Labute approximate surface area is 172 Å². The molecular formula is C26H25N3. The van der Waals surface area contributed by atoms with E-state index in [-0.39, 0.29) is 0 Å². The SMILES string of the molecule is Cn1c(-c2ccccc2)nc2c1CN(Cc1ccc(-c3ccccc3)cc1)CC2. The molecule has 0 radical (unpaired) electrons. The fraction of sp³-hybridized carbons (Fsp3) is 0.192. The second-order valence-electron chi connectivity index (χ2n) is 7.78. The number of fused-ring (bicyclic) bond motifs is 1. The first kappa shape index (κ1) is 17.9. The highest BCUT2D eigenvalue weighted by atomic mass is 15.2. The second-order valence-corrected chi connectivity index (χ2v) is 7.78. The summed E-state index contributed by atoms with van der Waals surface area (Å²) in [6.07, 6.45) is 1.01. The quantitative estimate of drug-likeness (QED) is 0.479. The Kier molecular flexibility index (Phi) is 4.74. The first-order valence-corrected chi connectivity index (χ1v) is 10.2. The zero-order valence-corrected chi connectivity index (χ0v) is 16.8. The van der Waals surface area contributed by atoms with Crippen LogP contribution in [0.15, 0.2) is 84.9 Å². The molecule has 0 N–H and O–H groups in total. The van der Waals surface area contributed by atoms with E-state index >= 15 is 0 Å². The van der Waals surface area contributed by atoms with Crippen molar-refractivity contribution in [2.45, 2.75) is 19.5 Å². The Bertz CT molecular complexity index is 1100. The van der Waals surface area contributed by atoms with Gasteiger partial charge in [0.25, 0.3) is 0 Å². The maximum Gasteiger partial charge on any atom is 0.140 e.